The fourth-order valence-electron chi connectivity index (χ4n) is 3.65. The fourth-order valence-corrected chi connectivity index (χ4v) is 3.65. The second-order valence-electron chi connectivity index (χ2n) is 7.27. The van der Waals surface area contributed by atoms with Gasteiger partial charge < -0.3 is 20.7 Å². The van der Waals surface area contributed by atoms with Crippen molar-refractivity contribution in [2.75, 3.05) is 49.6 Å². The molecule has 0 bridgehead atoms. The first-order chi connectivity index (χ1) is 13.1. The van der Waals surface area contributed by atoms with E-state index in [9.17, 15) is 9.59 Å². The van der Waals surface area contributed by atoms with Gasteiger partial charge in [-0.1, -0.05) is 13.3 Å². The molecule has 3 N–H and O–H groups in total. The quantitative estimate of drug-likeness (QED) is 0.719. The maximum Gasteiger partial charge on any atom is 0.253 e. The van der Waals surface area contributed by atoms with Crippen molar-refractivity contribution < 1.29 is 14.3 Å². The van der Waals surface area contributed by atoms with Crippen LogP contribution >= 0.6 is 0 Å². The number of carbonyl (C=O) groups is 2. The predicted octanol–water partition coefficient (Wildman–Crippen LogP) is 1.44. The molecule has 2 fully saturated rings. The van der Waals surface area contributed by atoms with Crippen LogP contribution in [0, 0.1) is 5.92 Å². The number of likely N-dealkylation sites (N-methyl/N-ethyl adjacent to an activating group) is 1. The van der Waals surface area contributed by atoms with Crippen molar-refractivity contribution >= 4 is 23.2 Å². The van der Waals surface area contributed by atoms with E-state index in [1.54, 1.807) is 4.90 Å². The van der Waals surface area contributed by atoms with Gasteiger partial charge in [-0.2, -0.15) is 0 Å². The fraction of sp³-hybridized carbons (Fsp3) is 0.600. The molecule has 1 aromatic rings. The minimum Gasteiger partial charge on any atom is -0.370 e. The van der Waals surface area contributed by atoms with E-state index >= 15 is 0 Å². The van der Waals surface area contributed by atoms with Crippen molar-refractivity contribution in [3.8, 4) is 0 Å². The highest BCUT2D eigenvalue weighted by molar-refractivity contribution is 5.97. The topological polar surface area (TPSA) is 87.9 Å². The van der Waals surface area contributed by atoms with Crippen LogP contribution < -0.4 is 16.0 Å². The first kappa shape index (κ1) is 19.8. The number of ether oxygens (including phenoxy) is 1. The maximum absolute atomic E-state index is 12.8. The third-order valence-corrected chi connectivity index (χ3v) is 5.52. The molecule has 1 aliphatic heterocycles. The lowest BCUT2D eigenvalue weighted by atomic mass is 9.85. The molecule has 2 amide bonds. The molecular formula is C20H30N4O3. The number of carbonyl (C=O) groups excluding carboxylic acids is 2. The zero-order valence-electron chi connectivity index (χ0n) is 16.0. The van der Waals surface area contributed by atoms with Crippen LogP contribution in [0.25, 0.3) is 0 Å². The van der Waals surface area contributed by atoms with Gasteiger partial charge in [0.2, 0.25) is 5.91 Å². The van der Waals surface area contributed by atoms with Gasteiger partial charge in [0, 0.05) is 31.0 Å². The van der Waals surface area contributed by atoms with Crippen LogP contribution in [0.2, 0.25) is 0 Å². The third-order valence-electron chi connectivity index (χ3n) is 5.52. The lowest BCUT2D eigenvalue weighted by Gasteiger charge is -2.35. The van der Waals surface area contributed by atoms with Crippen LogP contribution in [0.3, 0.4) is 0 Å². The summed E-state index contributed by atoms with van der Waals surface area (Å²) < 4.78 is 5.16. The van der Waals surface area contributed by atoms with Crippen LogP contribution in [-0.4, -0.2) is 62.1 Å². The number of morpholine rings is 1. The number of benzene rings is 1. The highest BCUT2D eigenvalue weighted by atomic mass is 16.5. The van der Waals surface area contributed by atoms with E-state index in [0.717, 1.165) is 18.8 Å². The molecule has 0 unspecified atom stereocenters. The molecule has 0 spiro atoms. The molecule has 3 rings (SSSR count). The SMILES string of the molecule is CCN(CC1CCC1)[C@@H](CN)C(=O)Nc1ccc(N2CCOCC2=O)cc1. The molecule has 0 radical (unpaired) electrons. The minimum atomic E-state index is -0.323. The number of amides is 2. The van der Waals surface area contributed by atoms with E-state index < -0.39 is 0 Å². The van der Waals surface area contributed by atoms with Crippen molar-refractivity contribution in [3.05, 3.63) is 24.3 Å². The molecule has 27 heavy (non-hydrogen) atoms. The average molecular weight is 374 g/mol. The molecule has 1 saturated heterocycles. The smallest absolute Gasteiger partial charge is 0.253 e. The number of nitrogens with zero attached hydrogens (tertiary/aromatic N) is 2. The number of nitrogens with two attached hydrogens (primary N) is 1. The van der Waals surface area contributed by atoms with E-state index in [1.165, 1.54) is 19.3 Å². The number of hydrogen-bond acceptors (Lipinski definition) is 5. The Labute approximate surface area is 160 Å². The van der Waals surface area contributed by atoms with Crippen molar-refractivity contribution in [3.63, 3.8) is 0 Å². The summed E-state index contributed by atoms with van der Waals surface area (Å²) in [6.07, 6.45) is 3.79. The lowest BCUT2D eigenvalue weighted by Crippen LogP contribution is -2.50. The van der Waals surface area contributed by atoms with Crippen molar-refractivity contribution in [2.45, 2.75) is 32.2 Å². The average Bonchev–Trinajstić information content (AvgIpc) is 2.64. The van der Waals surface area contributed by atoms with Gasteiger partial charge in [-0.15, -0.1) is 0 Å². The molecule has 0 aromatic heterocycles. The molecular weight excluding hydrogens is 344 g/mol. The summed E-state index contributed by atoms with van der Waals surface area (Å²) in [5.41, 5.74) is 7.44. The van der Waals surface area contributed by atoms with E-state index in [0.29, 0.717) is 31.3 Å². The van der Waals surface area contributed by atoms with E-state index in [-0.39, 0.29) is 24.5 Å². The molecule has 148 valence electrons. The Kier molecular flexibility index (Phi) is 6.82. The molecule has 1 aromatic carbocycles. The summed E-state index contributed by atoms with van der Waals surface area (Å²) in [6.45, 7) is 5.32. The Bertz CT molecular complexity index is 645. The van der Waals surface area contributed by atoms with Gasteiger partial charge in [0.1, 0.15) is 12.6 Å². The zero-order chi connectivity index (χ0) is 19.2. The van der Waals surface area contributed by atoms with Crippen LogP contribution in [0.1, 0.15) is 26.2 Å². The third kappa shape index (κ3) is 4.86. The predicted molar refractivity (Wildman–Crippen MR) is 106 cm³/mol. The van der Waals surface area contributed by atoms with Gasteiger partial charge in [-0.3, -0.25) is 14.5 Å². The van der Waals surface area contributed by atoms with E-state index in [4.69, 9.17) is 10.5 Å². The lowest BCUT2D eigenvalue weighted by molar-refractivity contribution is -0.125. The second kappa shape index (κ2) is 9.30. The number of rotatable bonds is 8. The zero-order valence-corrected chi connectivity index (χ0v) is 16.0. The molecule has 2 aliphatic rings. The summed E-state index contributed by atoms with van der Waals surface area (Å²) in [5, 5.41) is 2.97. The highest BCUT2D eigenvalue weighted by Gasteiger charge is 2.28. The van der Waals surface area contributed by atoms with E-state index in [2.05, 4.69) is 17.1 Å². The Morgan fingerprint density at radius 2 is 2.11 bits per heavy atom. The monoisotopic (exact) mass is 374 g/mol. The second-order valence-corrected chi connectivity index (χ2v) is 7.27. The summed E-state index contributed by atoms with van der Waals surface area (Å²) in [4.78, 5) is 28.6. The summed E-state index contributed by atoms with van der Waals surface area (Å²) in [7, 11) is 0. The van der Waals surface area contributed by atoms with E-state index in [1.807, 2.05) is 24.3 Å². The van der Waals surface area contributed by atoms with Gasteiger partial charge in [-0.05, 0) is 49.6 Å². The number of nitrogens with one attached hydrogen (secondary N) is 1. The summed E-state index contributed by atoms with van der Waals surface area (Å²) in [6, 6.07) is 7.03. The van der Waals surface area contributed by atoms with Crippen LogP contribution in [0.15, 0.2) is 24.3 Å². The molecule has 1 saturated carbocycles. The molecule has 7 heteroatoms. The van der Waals surface area contributed by atoms with Crippen molar-refractivity contribution in [2.24, 2.45) is 11.7 Å². The Morgan fingerprint density at radius 3 is 2.67 bits per heavy atom. The maximum atomic E-state index is 12.8. The largest absolute Gasteiger partial charge is 0.370 e. The summed E-state index contributed by atoms with van der Waals surface area (Å²) >= 11 is 0. The first-order valence-corrected chi connectivity index (χ1v) is 9.85. The normalized spacial score (nSPS) is 19.1. The van der Waals surface area contributed by atoms with Gasteiger partial charge in [0.15, 0.2) is 0 Å². The van der Waals surface area contributed by atoms with Gasteiger partial charge in [-0.25, -0.2) is 0 Å². The van der Waals surface area contributed by atoms with Crippen LogP contribution in [0.4, 0.5) is 11.4 Å². The minimum absolute atomic E-state index is 0.0455. The summed E-state index contributed by atoms with van der Waals surface area (Å²) in [5.74, 6) is 0.571. The molecule has 1 heterocycles. The molecule has 1 aliphatic carbocycles. The van der Waals surface area contributed by atoms with Crippen LogP contribution in [0.5, 0.6) is 0 Å². The Hall–Kier alpha value is -1.96. The van der Waals surface area contributed by atoms with Crippen LogP contribution in [-0.2, 0) is 14.3 Å². The number of anilines is 2. The molecule has 1 atom stereocenters. The standard InChI is InChI=1S/C20H30N4O3/c1-2-23(13-15-4-3-5-15)18(12-21)20(26)22-16-6-8-17(9-7-16)24-10-11-27-14-19(24)25/h6-9,15,18H,2-5,10-14,21H2,1H3,(H,22,26)/t18-/m0/s1. The van der Waals surface area contributed by atoms with Gasteiger partial charge in [0.25, 0.3) is 5.91 Å². The first-order valence-electron chi connectivity index (χ1n) is 9.85. The van der Waals surface area contributed by atoms with Gasteiger partial charge in [0.05, 0.1) is 6.61 Å². The van der Waals surface area contributed by atoms with Gasteiger partial charge >= 0.3 is 0 Å². The Morgan fingerprint density at radius 1 is 1.37 bits per heavy atom. The highest BCUT2D eigenvalue weighted by Crippen LogP contribution is 2.27. The molecule has 7 nitrogen and oxygen atoms in total. The van der Waals surface area contributed by atoms with Crippen molar-refractivity contribution in [1.82, 2.24) is 4.90 Å². The number of hydrogen-bond donors (Lipinski definition) is 2. The van der Waals surface area contributed by atoms with Crippen molar-refractivity contribution in [1.29, 1.82) is 0 Å². The Balaban J connectivity index is 1.60.